The van der Waals surface area contributed by atoms with Crippen LogP contribution >= 0.6 is 0 Å². The predicted molar refractivity (Wildman–Crippen MR) is 89.5 cm³/mol. The molecule has 0 saturated heterocycles. The first-order valence-electron chi connectivity index (χ1n) is 8.27. The molecule has 0 atom stereocenters. The summed E-state index contributed by atoms with van der Waals surface area (Å²) in [6.07, 6.45) is -3.06. The molecule has 3 aromatic rings. The number of anilines is 1. The van der Waals surface area contributed by atoms with Gasteiger partial charge in [0.1, 0.15) is 12.4 Å². The van der Waals surface area contributed by atoms with Gasteiger partial charge in [0.2, 0.25) is 0 Å². The Morgan fingerprint density at radius 2 is 1.97 bits per heavy atom. The van der Waals surface area contributed by atoms with Gasteiger partial charge >= 0.3 is 12.1 Å². The average molecular weight is 418 g/mol. The normalized spacial score (nSPS) is 12.5. The molecule has 0 aromatic carbocycles. The number of halogens is 5. The number of rotatable bonds is 6. The molecule has 8 nitrogen and oxygen atoms in total. The molecule has 0 aliphatic carbocycles. The van der Waals surface area contributed by atoms with Gasteiger partial charge in [0.15, 0.2) is 11.3 Å². The summed E-state index contributed by atoms with van der Waals surface area (Å²) in [5.74, 6) is -6.01. The highest BCUT2D eigenvalue weighted by molar-refractivity contribution is 6.03. The Hall–Kier alpha value is -3.09. The minimum absolute atomic E-state index is 0.0829. The fourth-order valence-corrected chi connectivity index (χ4v) is 2.46. The van der Waals surface area contributed by atoms with Crippen LogP contribution < -0.4 is 5.32 Å². The summed E-state index contributed by atoms with van der Waals surface area (Å²) in [6, 6.07) is 1.59. The molecule has 0 bridgehead atoms. The molecule has 3 heterocycles. The predicted octanol–water partition coefficient (Wildman–Crippen LogP) is 3.13. The van der Waals surface area contributed by atoms with Crippen molar-refractivity contribution in [2.45, 2.75) is 32.7 Å². The number of hydrogen-bond acceptors (Lipinski definition) is 5. The van der Waals surface area contributed by atoms with E-state index in [9.17, 15) is 26.7 Å². The summed E-state index contributed by atoms with van der Waals surface area (Å²) in [4.78, 5) is 16.2. The summed E-state index contributed by atoms with van der Waals surface area (Å²) in [5, 5.41) is 9.97. The molecule has 0 unspecified atom stereocenters. The Balaban J connectivity index is 1.92. The first-order valence-corrected chi connectivity index (χ1v) is 8.27. The van der Waals surface area contributed by atoms with Crippen molar-refractivity contribution < 1.29 is 31.5 Å². The lowest BCUT2D eigenvalue weighted by Gasteiger charge is -2.20. The van der Waals surface area contributed by atoms with E-state index in [1.165, 1.54) is 24.0 Å². The van der Waals surface area contributed by atoms with Gasteiger partial charge in [0, 0.05) is 18.4 Å². The zero-order chi connectivity index (χ0) is 21.4. The van der Waals surface area contributed by atoms with Crippen molar-refractivity contribution in [3.05, 3.63) is 41.6 Å². The van der Waals surface area contributed by atoms with E-state index in [-0.39, 0.29) is 29.5 Å². The number of fused-ring (bicyclic) bond motifs is 1. The van der Waals surface area contributed by atoms with E-state index in [2.05, 4.69) is 20.5 Å². The van der Waals surface area contributed by atoms with Crippen LogP contribution in [-0.4, -0.2) is 43.1 Å². The lowest BCUT2D eigenvalue weighted by Crippen LogP contribution is -2.36. The molecule has 0 saturated carbocycles. The van der Waals surface area contributed by atoms with Crippen molar-refractivity contribution in [3.8, 4) is 0 Å². The minimum atomic E-state index is -5.84. The number of nitrogens with one attached hydrogen (secondary N) is 1. The summed E-state index contributed by atoms with van der Waals surface area (Å²) in [6.45, 7) is 3.66. The molecule has 3 aromatic heterocycles. The minimum Gasteiger partial charge on any atom is -0.360 e. The number of nitrogens with zero attached hydrogens (tertiary/aromatic N) is 5. The van der Waals surface area contributed by atoms with Gasteiger partial charge in [-0.3, -0.25) is 4.79 Å². The molecule has 0 aliphatic rings. The Morgan fingerprint density at radius 1 is 1.24 bits per heavy atom. The monoisotopic (exact) mass is 418 g/mol. The Morgan fingerprint density at radius 3 is 2.62 bits per heavy atom. The van der Waals surface area contributed by atoms with E-state index in [0.717, 1.165) is 6.07 Å². The summed E-state index contributed by atoms with van der Waals surface area (Å²) < 4.78 is 73.1. The number of aryl methyl sites for hydroxylation is 1. The van der Waals surface area contributed by atoms with E-state index < -0.39 is 23.7 Å². The van der Waals surface area contributed by atoms with Gasteiger partial charge in [-0.15, -0.1) is 0 Å². The number of ether oxygens (including phenoxy) is 1. The number of carbonyl (C=O) groups is 1. The third kappa shape index (κ3) is 4.04. The molecule has 29 heavy (non-hydrogen) atoms. The molecule has 1 N–H and O–H groups in total. The van der Waals surface area contributed by atoms with Crippen molar-refractivity contribution in [1.29, 1.82) is 0 Å². The van der Waals surface area contributed by atoms with E-state index in [0.29, 0.717) is 17.2 Å². The summed E-state index contributed by atoms with van der Waals surface area (Å²) in [7, 11) is 0. The second kappa shape index (κ2) is 7.39. The largest absolute Gasteiger partial charge is 0.459 e. The highest BCUT2D eigenvalue weighted by atomic mass is 19.4. The molecule has 0 fully saturated rings. The number of aromatic nitrogens is 5. The van der Waals surface area contributed by atoms with Gasteiger partial charge in [-0.2, -0.15) is 32.1 Å². The van der Waals surface area contributed by atoms with Crippen molar-refractivity contribution in [2.75, 3.05) is 11.9 Å². The molecule has 0 radical (unpaired) electrons. The fraction of sp³-hybridized carbons (Fsp3) is 0.375. The lowest BCUT2D eigenvalue weighted by atomic mass is 10.2. The van der Waals surface area contributed by atoms with E-state index in [1.807, 2.05) is 0 Å². The van der Waals surface area contributed by atoms with Crippen LogP contribution in [0.25, 0.3) is 5.65 Å². The fourth-order valence-electron chi connectivity index (χ4n) is 2.46. The van der Waals surface area contributed by atoms with Gasteiger partial charge < -0.3 is 10.1 Å². The number of hydrogen-bond donors (Lipinski definition) is 1. The van der Waals surface area contributed by atoms with Crippen molar-refractivity contribution >= 4 is 17.2 Å². The maximum Gasteiger partial charge on any atom is 0.459 e. The second-order valence-electron chi connectivity index (χ2n) is 6.00. The van der Waals surface area contributed by atoms with Crippen LogP contribution in [0, 0.1) is 6.92 Å². The van der Waals surface area contributed by atoms with Crippen LogP contribution in [0.15, 0.2) is 24.5 Å². The van der Waals surface area contributed by atoms with Crippen molar-refractivity contribution in [2.24, 2.45) is 0 Å². The number of carbonyl (C=O) groups excluding carboxylic acids is 1. The first-order chi connectivity index (χ1) is 13.5. The summed E-state index contributed by atoms with van der Waals surface area (Å²) in [5.41, 5.74) is -1.96. The Bertz CT molecular complexity index is 1040. The van der Waals surface area contributed by atoms with Gasteiger partial charge in [0.05, 0.1) is 18.1 Å². The Kier molecular flexibility index (Phi) is 5.26. The average Bonchev–Trinajstić information content (AvgIpc) is 3.24. The molecule has 3 rings (SSSR count). The van der Waals surface area contributed by atoms with Crippen LogP contribution in [0.5, 0.6) is 0 Å². The van der Waals surface area contributed by atoms with Crippen LogP contribution in [-0.2, 0) is 17.4 Å². The standard InChI is InChI=1S/C16H15F5N6O2/c1-3-29-8-26-7-10(6-22-26)24-14(28)11-5-13-23-9(2)4-12(27(13)25-11)15(17,18)16(19,20)21/h4-7H,3,8H2,1-2H3,(H,24,28). The van der Waals surface area contributed by atoms with Crippen LogP contribution in [0.2, 0.25) is 0 Å². The second-order valence-corrected chi connectivity index (χ2v) is 6.00. The van der Waals surface area contributed by atoms with Crippen LogP contribution in [0.1, 0.15) is 28.8 Å². The van der Waals surface area contributed by atoms with Gasteiger partial charge in [-0.05, 0) is 19.9 Å². The Labute approximate surface area is 160 Å². The highest BCUT2D eigenvalue weighted by Gasteiger charge is 2.60. The highest BCUT2D eigenvalue weighted by Crippen LogP contribution is 2.43. The SMILES string of the molecule is CCOCn1cc(NC(=O)c2cc3nc(C)cc(C(F)(F)C(F)(F)F)n3n2)cn1. The number of alkyl halides is 5. The van der Waals surface area contributed by atoms with Crippen LogP contribution in [0.3, 0.4) is 0 Å². The van der Waals surface area contributed by atoms with Gasteiger partial charge in [0.25, 0.3) is 5.91 Å². The van der Waals surface area contributed by atoms with Crippen LogP contribution in [0.4, 0.5) is 27.6 Å². The molecule has 0 spiro atoms. The number of amides is 1. The molecular formula is C16H15F5N6O2. The molecule has 13 heteroatoms. The first kappa shape index (κ1) is 20.6. The maximum absolute atomic E-state index is 13.9. The van der Waals surface area contributed by atoms with Crippen molar-refractivity contribution in [1.82, 2.24) is 24.4 Å². The molecular weight excluding hydrogens is 403 g/mol. The molecule has 0 aliphatic heterocycles. The third-order valence-corrected chi connectivity index (χ3v) is 3.78. The quantitative estimate of drug-likeness (QED) is 0.622. The summed E-state index contributed by atoms with van der Waals surface area (Å²) >= 11 is 0. The molecule has 1 amide bonds. The van der Waals surface area contributed by atoms with Gasteiger partial charge in [-0.1, -0.05) is 0 Å². The van der Waals surface area contributed by atoms with E-state index >= 15 is 0 Å². The van der Waals surface area contributed by atoms with E-state index in [1.54, 1.807) is 6.92 Å². The van der Waals surface area contributed by atoms with E-state index in [4.69, 9.17) is 4.74 Å². The van der Waals surface area contributed by atoms with Crippen molar-refractivity contribution in [3.63, 3.8) is 0 Å². The third-order valence-electron chi connectivity index (χ3n) is 3.78. The lowest BCUT2D eigenvalue weighted by molar-refractivity contribution is -0.291. The maximum atomic E-state index is 13.9. The zero-order valence-corrected chi connectivity index (χ0v) is 15.2. The van der Waals surface area contributed by atoms with Gasteiger partial charge in [-0.25, -0.2) is 14.2 Å². The zero-order valence-electron chi connectivity index (χ0n) is 15.2. The topological polar surface area (TPSA) is 86.3 Å². The molecule has 156 valence electrons. The smallest absolute Gasteiger partial charge is 0.360 e.